The van der Waals surface area contributed by atoms with Crippen molar-refractivity contribution in [2.24, 2.45) is 0 Å². The predicted molar refractivity (Wildman–Crippen MR) is 81.2 cm³/mol. The van der Waals surface area contributed by atoms with Crippen molar-refractivity contribution in [3.63, 3.8) is 0 Å². The van der Waals surface area contributed by atoms with Crippen molar-refractivity contribution in [3.05, 3.63) is 63.9 Å². The molecule has 2 rings (SSSR count). The van der Waals surface area contributed by atoms with Crippen LogP contribution in [0.5, 0.6) is 0 Å². The van der Waals surface area contributed by atoms with E-state index >= 15 is 0 Å². The zero-order valence-corrected chi connectivity index (χ0v) is 12.7. The number of halogens is 2. The SMILES string of the molecule is CC(c1ccc(Cl)cc1)N(C)C(=O)c1cccc(Cl)n1. The van der Waals surface area contributed by atoms with E-state index in [0.717, 1.165) is 5.56 Å². The van der Waals surface area contributed by atoms with Crippen LogP contribution in [-0.2, 0) is 0 Å². The number of nitrogens with zero attached hydrogens (tertiary/aromatic N) is 2. The van der Waals surface area contributed by atoms with Gasteiger partial charge in [0.2, 0.25) is 0 Å². The molecule has 0 fully saturated rings. The first kappa shape index (κ1) is 14.8. The third kappa shape index (κ3) is 3.30. The molecule has 0 aliphatic carbocycles. The highest BCUT2D eigenvalue weighted by atomic mass is 35.5. The number of hydrogen-bond acceptors (Lipinski definition) is 2. The van der Waals surface area contributed by atoms with E-state index in [4.69, 9.17) is 23.2 Å². The van der Waals surface area contributed by atoms with Gasteiger partial charge in [0.25, 0.3) is 5.91 Å². The highest BCUT2D eigenvalue weighted by molar-refractivity contribution is 6.30. The zero-order chi connectivity index (χ0) is 14.7. The molecule has 1 heterocycles. The minimum Gasteiger partial charge on any atom is -0.334 e. The number of carbonyl (C=O) groups excluding carboxylic acids is 1. The normalized spacial score (nSPS) is 12.0. The predicted octanol–water partition coefficient (Wildman–Crippen LogP) is 4.22. The molecule has 0 saturated heterocycles. The smallest absolute Gasteiger partial charge is 0.272 e. The van der Waals surface area contributed by atoms with Crippen LogP contribution in [0.15, 0.2) is 42.5 Å². The van der Waals surface area contributed by atoms with E-state index in [1.54, 1.807) is 30.1 Å². The second-order valence-corrected chi connectivity index (χ2v) is 5.31. The lowest BCUT2D eigenvalue weighted by Gasteiger charge is -2.25. The van der Waals surface area contributed by atoms with Gasteiger partial charge in [-0.15, -0.1) is 0 Å². The zero-order valence-electron chi connectivity index (χ0n) is 11.2. The number of carbonyl (C=O) groups is 1. The van der Waals surface area contributed by atoms with Gasteiger partial charge < -0.3 is 4.90 Å². The molecule has 0 aliphatic heterocycles. The van der Waals surface area contributed by atoms with Crippen molar-refractivity contribution in [1.29, 1.82) is 0 Å². The Kier molecular flexibility index (Phi) is 4.63. The molecule has 3 nitrogen and oxygen atoms in total. The van der Waals surface area contributed by atoms with E-state index in [2.05, 4.69) is 4.98 Å². The summed E-state index contributed by atoms with van der Waals surface area (Å²) in [7, 11) is 1.74. The van der Waals surface area contributed by atoms with Crippen LogP contribution in [0.2, 0.25) is 10.2 Å². The van der Waals surface area contributed by atoms with Crippen LogP contribution in [0.25, 0.3) is 0 Å². The van der Waals surface area contributed by atoms with E-state index in [-0.39, 0.29) is 11.9 Å². The van der Waals surface area contributed by atoms with E-state index in [1.807, 2.05) is 31.2 Å². The summed E-state index contributed by atoms with van der Waals surface area (Å²) < 4.78 is 0. The topological polar surface area (TPSA) is 33.2 Å². The standard InChI is InChI=1S/C15H14Cl2N2O/c1-10(11-6-8-12(16)9-7-11)19(2)15(20)13-4-3-5-14(17)18-13/h3-10H,1-2H3. The summed E-state index contributed by atoms with van der Waals surface area (Å²) >= 11 is 11.7. The van der Waals surface area contributed by atoms with Gasteiger partial charge in [0.1, 0.15) is 10.8 Å². The van der Waals surface area contributed by atoms with Gasteiger partial charge >= 0.3 is 0 Å². The molecule has 20 heavy (non-hydrogen) atoms. The van der Waals surface area contributed by atoms with Crippen LogP contribution >= 0.6 is 23.2 Å². The molecule has 1 unspecified atom stereocenters. The van der Waals surface area contributed by atoms with Crippen LogP contribution in [0.1, 0.15) is 29.0 Å². The molecule has 2 aromatic rings. The third-order valence-corrected chi connectivity index (χ3v) is 3.65. The van der Waals surface area contributed by atoms with Gasteiger partial charge in [-0.3, -0.25) is 4.79 Å². The van der Waals surface area contributed by atoms with Gasteiger partial charge in [-0.2, -0.15) is 0 Å². The fourth-order valence-corrected chi connectivity index (χ4v) is 2.14. The lowest BCUT2D eigenvalue weighted by molar-refractivity contribution is 0.0736. The Labute approximate surface area is 128 Å². The number of rotatable bonds is 3. The summed E-state index contributed by atoms with van der Waals surface area (Å²) in [5, 5.41) is 0.981. The molecular formula is C15H14Cl2N2O. The molecule has 1 aromatic heterocycles. The highest BCUT2D eigenvalue weighted by Crippen LogP contribution is 2.22. The monoisotopic (exact) mass is 308 g/mol. The summed E-state index contributed by atoms with van der Waals surface area (Å²) in [6, 6.07) is 12.3. The summed E-state index contributed by atoms with van der Waals surface area (Å²) in [5.41, 5.74) is 1.34. The summed E-state index contributed by atoms with van der Waals surface area (Å²) in [6.07, 6.45) is 0. The first-order chi connectivity index (χ1) is 9.49. The van der Waals surface area contributed by atoms with Crippen molar-refractivity contribution in [2.75, 3.05) is 7.05 Å². The molecule has 0 radical (unpaired) electrons. The number of amides is 1. The molecule has 0 aliphatic rings. The Balaban J connectivity index is 2.20. The van der Waals surface area contributed by atoms with Crippen molar-refractivity contribution < 1.29 is 4.79 Å². The summed E-state index contributed by atoms with van der Waals surface area (Å²) in [4.78, 5) is 18.0. The largest absolute Gasteiger partial charge is 0.334 e. The second kappa shape index (κ2) is 6.25. The van der Waals surface area contributed by atoms with Crippen LogP contribution in [0, 0.1) is 0 Å². The van der Waals surface area contributed by atoms with Crippen LogP contribution in [0.4, 0.5) is 0 Å². The maximum Gasteiger partial charge on any atom is 0.272 e. The van der Waals surface area contributed by atoms with E-state index in [1.165, 1.54) is 0 Å². The van der Waals surface area contributed by atoms with Gasteiger partial charge in [0.15, 0.2) is 0 Å². The fourth-order valence-electron chi connectivity index (χ4n) is 1.85. The van der Waals surface area contributed by atoms with Gasteiger partial charge in [-0.25, -0.2) is 4.98 Å². The van der Waals surface area contributed by atoms with Crippen LogP contribution in [0.3, 0.4) is 0 Å². The molecule has 1 aromatic carbocycles. The number of pyridine rings is 1. The highest BCUT2D eigenvalue weighted by Gasteiger charge is 2.20. The Morgan fingerprint density at radius 2 is 1.80 bits per heavy atom. The summed E-state index contributed by atoms with van der Waals surface area (Å²) in [6.45, 7) is 1.95. The Hall–Kier alpha value is -1.58. The average Bonchev–Trinajstić information content (AvgIpc) is 2.46. The second-order valence-electron chi connectivity index (χ2n) is 4.49. The minimum atomic E-state index is -0.171. The lowest BCUT2D eigenvalue weighted by Crippen LogP contribution is -2.30. The Bertz CT molecular complexity index is 614. The third-order valence-electron chi connectivity index (χ3n) is 3.19. The van der Waals surface area contributed by atoms with E-state index in [9.17, 15) is 4.79 Å². The minimum absolute atomic E-state index is 0.0828. The van der Waals surface area contributed by atoms with E-state index in [0.29, 0.717) is 15.9 Å². The van der Waals surface area contributed by atoms with Crippen molar-refractivity contribution >= 4 is 29.1 Å². The van der Waals surface area contributed by atoms with Gasteiger partial charge in [0.05, 0.1) is 6.04 Å². The van der Waals surface area contributed by atoms with Gasteiger partial charge in [-0.05, 0) is 36.8 Å². The molecule has 1 atom stereocenters. The van der Waals surface area contributed by atoms with Crippen molar-refractivity contribution in [1.82, 2.24) is 9.88 Å². The quantitative estimate of drug-likeness (QED) is 0.795. The molecule has 0 spiro atoms. The first-order valence-corrected chi connectivity index (χ1v) is 6.90. The van der Waals surface area contributed by atoms with Crippen molar-refractivity contribution in [2.45, 2.75) is 13.0 Å². The lowest BCUT2D eigenvalue weighted by atomic mass is 10.1. The molecule has 0 bridgehead atoms. The van der Waals surface area contributed by atoms with Gasteiger partial charge in [0, 0.05) is 12.1 Å². The average molecular weight is 309 g/mol. The Morgan fingerprint density at radius 3 is 2.40 bits per heavy atom. The number of aromatic nitrogens is 1. The molecular weight excluding hydrogens is 295 g/mol. The molecule has 5 heteroatoms. The first-order valence-electron chi connectivity index (χ1n) is 6.14. The molecule has 104 valence electrons. The number of benzene rings is 1. The maximum absolute atomic E-state index is 12.4. The molecule has 0 saturated carbocycles. The summed E-state index contributed by atoms with van der Waals surface area (Å²) in [5.74, 6) is -0.171. The number of hydrogen-bond donors (Lipinski definition) is 0. The molecule has 0 N–H and O–H groups in total. The maximum atomic E-state index is 12.4. The van der Waals surface area contributed by atoms with Crippen molar-refractivity contribution in [3.8, 4) is 0 Å². The fraction of sp³-hybridized carbons (Fsp3) is 0.200. The Morgan fingerprint density at radius 1 is 1.15 bits per heavy atom. The van der Waals surface area contributed by atoms with Crippen LogP contribution < -0.4 is 0 Å². The van der Waals surface area contributed by atoms with Crippen LogP contribution in [-0.4, -0.2) is 22.8 Å². The van der Waals surface area contributed by atoms with Gasteiger partial charge in [-0.1, -0.05) is 41.4 Å². The molecule has 1 amide bonds. The van der Waals surface area contributed by atoms with E-state index < -0.39 is 0 Å².